The number of nitrogens with one attached hydrogen (secondary N) is 2. The molecule has 1 aliphatic rings. The van der Waals surface area contributed by atoms with E-state index in [9.17, 15) is 0 Å². The van der Waals surface area contributed by atoms with Crippen LogP contribution < -0.4 is 10.6 Å². The van der Waals surface area contributed by atoms with Crippen molar-refractivity contribution in [1.29, 1.82) is 0 Å². The summed E-state index contributed by atoms with van der Waals surface area (Å²) in [6.07, 6.45) is 2.71. The van der Waals surface area contributed by atoms with E-state index >= 15 is 0 Å². The van der Waals surface area contributed by atoms with Crippen molar-refractivity contribution in [2.75, 3.05) is 12.4 Å². The molecule has 2 heteroatoms. The van der Waals surface area contributed by atoms with Gasteiger partial charge >= 0.3 is 0 Å². The summed E-state index contributed by atoms with van der Waals surface area (Å²) in [5, 5.41) is 6.64. The van der Waals surface area contributed by atoms with Crippen LogP contribution in [0.1, 0.15) is 18.4 Å². The highest BCUT2D eigenvalue weighted by molar-refractivity contribution is 5.44. The van der Waals surface area contributed by atoms with Crippen molar-refractivity contribution in [1.82, 2.24) is 5.32 Å². The highest BCUT2D eigenvalue weighted by Crippen LogP contribution is 2.19. The van der Waals surface area contributed by atoms with Crippen LogP contribution in [0.5, 0.6) is 0 Å². The summed E-state index contributed by atoms with van der Waals surface area (Å²) in [4.78, 5) is 0. The Hall–Kier alpha value is -1.02. The van der Waals surface area contributed by atoms with Crippen LogP contribution in [-0.2, 0) is 6.54 Å². The zero-order chi connectivity index (χ0) is 9.10. The summed E-state index contributed by atoms with van der Waals surface area (Å²) in [7, 11) is 1.95. The zero-order valence-electron chi connectivity index (χ0n) is 8.01. The molecule has 13 heavy (non-hydrogen) atoms. The Morgan fingerprint density at radius 1 is 1.38 bits per heavy atom. The van der Waals surface area contributed by atoms with Gasteiger partial charge in [-0.2, -0.15) is 0 Å². The van der Waals surface area contributed by atoms with E-state index in [1.807, 2.05) is 7.05 Å². The number of benzene rings is 1. The fourth-order valence-electron chi connectivity index (χ4n) is 1.39. The Balaban J connectivity index is 1.93. The summed E-state index contributed by atoms with van der Waals surface area (Å²) < 4.78 is 0. The molecule has 0 aromatic heterocycles. The van der Waals surface area contributed by atoms with E-state index in [2.05, 4.69) is 34.9 Å². The van der Waals surface area contributed by atoms with Crippen LogP contribution >= 0.6 is 0 Å². The fourth-order valence-corrected chi connectivity index (χ4v) is 1.39. The molecule has 0 amide bonds. The Bertz CT molecular complexity index is 279. The van der Waals surface area contributed by atoms with Crippen molar-refractivity contribution >= 4 is 5.69 Å². The predicted molar refractivity (Wildman–Crippen MR) is 55.9 cm³/mol. The molecule has 70 valence electrons. The van der Waals surface area contributed by atoms with Gasteiger partial charge in [-0.15, -0.1) is 0 Å². The molecule has 0 heterocycles. The van der Waals surface area contributed by atoms with Crippen LogP contribution in [0.3, 0.4) is 0 Å². The standard InChI is InChI=1S/C11H16N2/c1-12-11-4-2-3-9(7-11)8-13-10-5-6-10/h2-4,7,10,12-13H,5-6,8H2,1H3. The molecule has 1 aliphatic carbocycles. The number of hydrogen-bond donors (Lipinski definition) is 2. The van der Waals surface area contributed by atoms with E-state index in [-0.39, 0.29) is 0 Å². The Morgan fingerprint density at radius 3 is 2.92 bits per heavy atom. The van der Waals surface area contributed by atoms with E-state index in [1.165, 1.54) is 24.1 Å². The summed E-state index contributed by atoms with van der Waals surface area (Å²) in [5.74, 6) is 0. The highest BCUT2D eigenvalue weighted by Gasteiger charge is 2.19. The molecule has 1 fully saturated rings. The second-order valence-electron chi connectivity index (χ2n) is 3.61. The molecule has 1 aromatic rings. The molecule has 2 rings (SSSR count). The largest absolute Gasteiger partial charge is 0.388 e. The maximum atomic E-state index is 3.50. The third kappa shape index (κ3) is 2.46. The smallest absolute Gasteiger partial charge is 0.0340 e. The first-order chi connectivity index (χ1) is 6.38. The minimum atomic E-state index is 0.790. The van der Waals surface area contributed by atoms with Gasteiger partial charge in [-0.05, 0) is 30.5 Å². The van der Waals surface area contributed by atoms with Gasteiger partial charge in [0, 0.05) is 25.3 Å². The van der Waals surface area contributed by atoms with E-state index in [0.717, 1.165) is 12.6 Å². The predicted octanol–water partition coefficient (Wildman–Crippen LogP) is 1.98. The first kappa shape index (κ1) is 8.57. The number of rotatable bonds is 4. The van der Waals surface area contributed by atoms with Crippen molar-refractivity contribution in [3.63, 3.8) is 0 Å². The molecule has 2 N–H and O–H groups in total. The summed E-state index contributed by atoms with van der Waals surface area (Å²) in [5.41, 5.74) is 2.55. The van der Waals surface area contributed by atoms with E-state index in [4.69, 9.17) is 0 Å². The molecular weight excluding hydrogens is 160 g/mol. The van der Waals surface area contributed by atoms with Gasteiger partial charge in [-0.1, -0.05) is 12.1 Å². The molecule has 1 saturated carbocycles. The molecule has 0 radical (unpaired) electrons. The molecule has 1 aromatic carbocycles. The summed E-state index contributed by atoms with van der Waals surface area (Å²) >= 11 is 0. The van der Waals surface area contributed by atoms with Gasteiger partial charge < -0.3 is 10.6 Å². The van der Waals surface area contributed by atoms with Crippen molar-refractivity contribution < 1.29 is 0 Å². The van der Waals surface area contributed by atoms with Crippen molar-refractivity contribution in [2.45, 2.75) is 25.4 Å². The van der Waals surface area contributed by atoms with Gasteiger partial charge in [0.1, 0.15) is 0 Å². The maximum absolute atomic E-state index is 3.50. The van der Waals surface area contributed by atoms with E-state index < -0.39 is 0 Å². The van der Waals surface area contributed by atoms with E-state index in [0.29, 0.717) is 0 Å². The average molecular weight is 176 g/mol. The first-order valence-corrected chi connectivity index (χ1v) is 4.88. The SMILES string of the molecule is CNc1cccc(CNC2CC2)c1. The maximum Gasteiger partial charge on any atom is 0.0340 e. The highest BCUT2D eigenvalue weighted by atomic mass is 14.9. The molecule has 0 bridgehead atoms. The molecule has 0 spiro atoms. The quantitative estimate of drug-likeness (QED) is 0.733. The van der Waals surface area contributed by atoms with Crippen LogP contribution in [0.2, 0.25) is 0 Å². The summed E-state index contributed by atoms with van der Waals surface area (Å²) in [6.45, 7) is 1.00. The molecule has 0 atom stereocenters. The van der Waals surface area contributed by atoms with Crippen molar-refractivity contribution in [3.8, 4) is 0 Å². The molecule has 0 unspecified atom stereocenters. The fraction of sp³-hybridized carbons (Fsp3) is 0.455. The van der Waals surface area contributed by atoms with Gasteiger partial charge in [0.15, 0.2) is 0 Å². The van der Waals surface area contributed by atoms with Crippen LogP contribution in [0, 0.1) is 0 Å². The van der Waals surface area contributed by atoms with Crippen LogP contribution in [-0.4, -0.2) is 13.1 Å². The normalized spacial score (nSPS) is 15.8. The second kappa shape index (κ2) is 3.79. The third-order valence-electron chi connectivity index (χ3n) is 2.39. The topological polar surface area (TPSA) is 24.1 Å². The zero-order valence-corrected chi connectivity index (χ0v) is 8.01. The van der Waals surface area contributed by atoms with Crippen molar-refractivity contribution in [3.05, 3.63) is 29.8 Å². The monoisotopic (exact) mass is 176 g/mol. The lowest BCUT2D eigenvalue weighted by Gasteiger charge is -2.05. The first-order valence-electron chi connectivity index (χ1n) is 4.88. The lowest BCUT2D eigenvalue weighted by molar-refractivity contribution is 0.688. The molecule has 0 saturated heterocycles. The van der Waals surface area contributed by atoms with Crippen molar-refractivity contribution in [2.24, 2.45) is 0 Å². The van der Waals surface area contributed by atoms with Gasteiger partial charge in [-0.3, -0.25) is 0 Å². The van der Waals surface area contributed by atoms with Crippen LogP contribution in [0.15, 0.2) is 24.3 Å². The van der Waals surface area contributed by atoms with Gasteiger partial charge in [0.2, 0.25) is 0 Å². The lowest BCUT2D eigenvalue weighted by atomic mass is 10.2. The average Bonchev–Trinajstić information content (AvgIpc) is 2.99. The second-order valence-corrected chi connectivity index (χ2v) is 3.61. The Labute approximate surface area is 79.4 Å². The molecule has 0 aliphatic heterocycles. The lowest BCUT2D eigenvalue weighted by Crippen LogP contribution is -2.15. The number of hydrogen-bond acceptors (Lipinski definition) is 2. The van der Waals surface area contributed by atoms with Crippen LogP contribution in [0.25, 0.3) is 0 Å². The number of anilines is 1. The minimum Gasteiger partial charge on any atom is -0.388 e. The van der Waals surface area contributed by atoms with Crippen LogP contribution in [0.4, 0.5) is 5.69 Å². The minimum absolute atomic E-state index is 0.790. The molecule has 2 nitrogen and oxygen atoms in total. The van der Waals surface area contributed by atoms with Gasteiger partial charge in [0.25, 0.3) is 0 Å². The Morgan fingerprint density at radius 2 is 2.23 bits per heavy atom. The molecular formula is C11H16N2. The Kier molecular flexibility index (Phi) is 2.50. The van der Waals surface area contributed by atoms with E-state index in [1.54, 1.807) is 0 Å². The summed E-state index contributed by atoms with van der Waals surface area (Å²) in [6, 6.07) is 9.32. The third-order valence-corrected chi connectivity index (χ3v) is 2.39. The van der Waals surface area contributed by atoms with Gasteiger partial charge in [-0.25, -0.2) is 0 Å². The van der Waals surface area contributed by atoms with Gasteiger partial charge in [0.05, 0.1) is 0 Å².